The Morgan fingerprint density at radius 1 is 1.16 bits per heavy atom. The van der Waals surface area contributed by atoms with Gasteiger partial charge in [-0.2, -0.15) is 0 Å². The van der Waals surface area contributed by atoms with Crippen LogP contribution in [-0.2, 0) is 9.59 Å². The maximum atomic E-state index is 14.4. The van der Waals surface area contributed by atoms with Gasteiger partial charge < -0.3 is 20.7 Å². The molecule has 2 aromatic carbocycles. The number of aliphatic imine (C=N–C) groups is 1. The minimum absolute atomic E-state index is 0.107. The molecule has 3 heterocycles. The van der Waals surface area contributed by atoms with Crippen molar-refractivity contribution >= 4 is 52.4 Å². The largest absolute Gasteiger partial charge is 0.487 e. The van der Waals surface area contributed by atoms with Gasteiger partial charge in [0.1, 0.15) is 34.8 Å². The summed E-state index contributed by atoms with van der Waals surface area (Å²) in [6.45, 7) is 6.10. The molecule has 0 spiro atoms. The number of aromatic nitrogens is 1. The number of Topliss-reactive ketones (excluding diaryl/α,β-unsaturated/α-hetero) is 1. The summed E-state index contributed by atoms with van der Waals surface area (Å²) in [7, 11) is 0. The Labute approximate surface area is 257 Å². The maximum absolute atomic E-state index is 14.4. The number of nitrogens with one attached hydrogen (secondary N) is 1. The number of carbonyl (C=O) groups excluding carboxylic acids is 4. The summed E-state index contributed by atoms with van der Waals surface area (Å²) in [5, 5.41) is 5.83. The third-order valence-corrected chi connectivity index (χ3v) is 7.89. The van der Waals surface area contributed by atoms with Crippen LogP contribution in [0.1, 0.15) is 65.8 Å². The number of piperazine rings is 1. The first kappa shape index (κ1) is 30.2. The quantitative estimate of drug-likeness (QED) is 0.299. The van der Waals surface area contributed by atoms with E-state index in [1.165, 1.54) is 16.2 Å². The second kappa shape index (κ2) is 12.1. The van der Waals surface area contributed by atoms with Gasteiger partial charge >= 0.3 is 6.03 Å². The van der Waals surface area contributed by atoms with Crippen LogP contribution >= 0.6 is 22.9 Å². The van der Waals surface area contributed by atoms with Crippen molar-refractivity contribution in [2.24, 2.45) is 10.7 Å². The lowest BCUT2D eigenvalue weighted by atomic mass is 9.99. The predicted octanol–water partition coefficient (Wildman–Crippen LogP) is 4.13. The number of benzene rings is 2. The first-order valence-corrected chi connectivity index (χ1v) is 14.9. The van der Waals surface area contributed by atoms with Crippen LogP contribution in [-0.4, -0.2) is 69.5 Å². The van der Waals surface area contributed by atoms with Gasteiger partial charge in [-0.05, 0) is 50.6 Å². The van der Waals surface area contributed by atoms with E-state index in [1.54, 1.807) is 41.4 Å². The number of hydrogen-bond acceptors (Lipinski definition) is 8. The van der Waals surface area contributed by atoms with Crippen LogP contribution in [0, 0.1) is 0 Å². The van der Waals surface area contributed by atoms with Crippen LogP contribution < -0.4 is 15.8 Å². The van der Waals surface area contributed by atoms with Crippen molar-refractivity contribution in [1.29, 1.82) is 0 Å². The van der Waals surface area contributed by atoms with Crippen LogP contribution in [0.3, 0.4) is 0 Å². The lowest BCUT2D eigenvalue weighted by Gasteiger charge is -2.35. The van der Waals surface area contributed by atoms with Crippen molar-refractivity contribution in [1.82, 2.24) is 20.1 Å². The van der Waals surface area contributed by atoms with Crippen LogP contribution in [0.2, 0.25) is 5.02 Å². The molecule has 4 amide bonds. The third kappa shape index (κ3) is 6.70. The molecule has 0 saturated carbocycles. The van der Waals surface area contributed by atoms with Gasteiger partial charge in [0.25, 0.3) is 0 Å². The standard InChI is InChI=1S/C30H31ClN6O5S/c1-30(2,3)42-22-14-18(21(38)15-23(32)39)6-9-20(22)27-35-25(28-34-11-13-43-28)26(17-4-7-19(31)8-5-17)37(27)29(41)36-12-10-33-24(40)16-36/h4-9,11,13-14,25-26H,10,12,15-16H2,1-3H3,(H2,32,39)(H,33,40). The average molecular weight is 623 g/mol. The zero-order valence-electron chi connectivity index (χ0n) is 23.9. The van der Waals surface area contributed by atoms with Crippen molar-refractivity contribution in [2.45, 2.75) is 44.9 Å². The second-order valence-electron chi connectivity index (χ2n) is 11.2. The van der Waals surface area contributed by atoms with E-state index in [0.717, 1.165) is 5.56 Å². The first-order chi connectivity index (χ1) is 20.4. The van der Waals surface area contributed by atoms with Crippen molar-refractivity contribution < 1.29 is 23.9 Å². The lowest BCUT2D eigenvalue weighted by Crippen LogP contribution is -2.55. The number of urea groups is 1. The number of ketones is 1. The fraction of sp³-hybridized carbons (Fsp3) is 0.333. The molecule has 2 aliphatic heterocycles. The summed E-state index contributed by atoms with van der Waals surface area (Å²) in [6, 6.07) is 10.3. The molecular weight excluding hydrogens is 592 g/mol. The van der Waals surface area contributed by atoms with Crippen LogP contribution in [0.5, 0.6) is 5.75 Å². The molecule has 0 radical (unpaired) electrons. The summed E-state index contributed by atoms with van der Waals surface area (Å²) < 4.78 is 6.32. The topological polar surface area (TPSA) is 147 Å². The number of amidine groups is 1. The summed E-state index contributed by atoms with van der Waals surface area (Å²) in [5.41, 5.74) is 6.04. The van der Waals surface area contributed by atoms with Crippen molar-refractivity contribution in [3.63, 3.8) is 0 Å². The first-order valence-electron chi connectivity index (χ1n) is 13.6. The number of primary amides is 1. The van der Waals surface area contributed by atoms with E-state index in [4.69, 9.17) is 27.1 Å². The van der Waals surface area contributed by atoms with Crippen LogP contribution in [0.15, 0.2) is 59.0 Å². The van der Waals surface area contributed by atoms with Crippen molar-refractivity contribution in [2.75, 3.05) is 19.6 Å². The van der Waals surface area contributed by atoms with Gasteiger partial charge in [-0.1, -0.05) is 29.8 Å². The fourth-order valence-corrected chi connectivity index (χ4v) is 5.85. The monoisotopic (exact) mass is 622 g/mol. The Morgan fingerprint density at radius 3 is 2.53 bits per heavy atom. The van der Waals surface area contributed by atoms with Gasteiger partial charge in [-0.3, -0.25) is 24.3 Å². The maximum Gasteiger partial charge on any atom is 0.326 e. The number of thiazole rings is 1. The number of ether oxygens (including phenoxy) is 1. The molecule has 224 valence electrons. The number of halogens is 1. The van der Waals surface area contributed by atoms with Gasteiger partial charge in [0.15, 0.2) is 5.78 Å². The number of amides is 4. The Balaban J connectivity index is 1.69. The molecule has 13 heteroatoms. The zero-order valence-corrected chi connectivity index (χ0v) is 25.4. The third-order valence-electron chi connectivity index (χ3n) is 6.79. The average Bonchev–Trinajstić information content (AvgIpc) is 3.60. The summed E-state index contributed by atoms with van der Waals surface area (Å²) in [6.07, 6.45) is 1.22. The number of hydrogen-bond donors (Lipinski definition) is 2. The Bertz CT molecular complexity index is 1590. The Kier molecular flexibility index (Phi) is 8.52. The van der Waals surface area contributed by atoms with E-state index in [1.807, 2.05) is 38.3 Å². The molecule has 0 aliphatic carbocycles. The highest BCUT2D eigenvalue weighted by molar-refractivity contribution is 7.09. The fourth-order valence-electron chi connectivity index (χ4n) is 5.02. The van der Waals surface area contributed by atoms with Crippen LogP contribution in [0.25, 0.3) is 0 Å². The molecule has 2 atom stereocenters. The second-order valence-corrected chi connectivity index (χ2v) is 12.5. The van der Waals surface area contributed by atoms with Crippen molar-refractivity contribution in [3.8, 4) is 5.75 Å². The molecule has 1 fully saturated rings. The normalized spacial score (nSPS) is 18.7. The lowest BCUT2D eigenvalue weighted by molar-refractivity contribution is -0.123. The minimum atomic E-state index is -0.744. The van der Waals surface area contributed by atoms with Crippen LogP contribution in [0.4, 0.5) is 4.79 Å². The molecular formula is C30H31ClN6O5S. The highest BCUT2D eigenvalue weighted by atomic mass is 35.5. The van der Waals surface area contributed by atoms with E-state index in [0.29, 0.717) is 40.3 Å². The molecule has 2 aliphatic rings. The zero-order chi connectivity index (χ0) is 30.9. The summed E-state index contributed by atoms with van der Waals surface area (Å²) in [5.74, 6) is -0.870. The summed E-state index contributed by atoms with van der Waals surface area (Å²) in [4.78, 5) is 63.6. The number of rotatable bonds is 7. The molecule has 1 aromatic heterocycles. The summed E-state index contributed by atoms with van der Waals surface area (Å²) >= 11 is 7.64. The smallest absolute Gasteiger partial charge is 0.326 e. The minimum Gasteiger partial charge on any atom is -0.487 e. The number of carbonyl (C=O) groups is 4. The van der Waals surface area contributed by atoms with Gasteiger partial charge in [0.2, 0.25) is 11.8 Å². The Hall–Kier alpha value is -4.29. The Morgan fingerprint density at radius 2 is 1.91 bits per heavy atom. The van der Waals surface area contributed by atoms with E-state index >= 15 is 0 Å². The molecule has 5 rings (SSSR count). The highest BCUT2D eigenvalue weighted by Crippen LogP contribution is 2.46. The van der Waals surface area contributed by atoms with E-state index in [9.17, 15) is 19.2 Å². The van der Waals surface area contributed by atoms with Gasteiger partial charge in [-0.15, -0.1) is 11.3 Å². The number of nitrogens with two attached hydrogens (primary N) is 1. The molecule has 3 aromatic rings. The van der Waals surface area contributed by atoms with Gasteiger partial charge in [0, 0.05) is 35.3 Å². The van der Waals surface area contributed by atoms with Gasteiger partial charge in [0.05, 0.1) is 18.0 Å². The molecule has 2 unspecified atom stereocenters. The highest BCUT2D eigenvalue weighted by Gasteiger charge is 2.46. The molecule has 3 N–H and O–H groups in total. The predicted molar refractivity (Wildman–Crippen MR) is 162 cm³/mol. The van der Waals surface area contributed by atoms with E-state index in [2.05, 4.69) is 10.3 Å². The van der Waals surface area contributed by atoms with Crippen molar-refractivity contribution in [3.05, 3.63) is 80.8 Å². The van der Waals surface area contributed by atoms with Gasteiger partial charge in [-0.25, -0.2) is 9.78 Å². The van der Waals surface area contributed by atoms with E-state index in [-0.39, 0.29) is 18.0 Å². The molecule has 1 saturated heterocycles. The molecule has 43 heavy (non-hydrogen) atoms. The SMILES string of the molecule is CC(C)(C)Oc1cc(C(=O)CC(N)=O)ccc1C1=NC(c2nccs2)C(c2ccc(Cl)cc2)N1C(=O)N1CCNC(=O)C1. The number of nitrogens with zero attached hydrogens (tertiary/aromatic N) is 4. The molecule has 11 nitrogen and oxygen atoms in total. The van der Waals surface area contributed by atoms with E-state index < -0.39 is 41.8 Å². The molecule has 0 bridgehead atoms.